The SMILES string of the molecule is CC1c2cccc(O)c2C(O)=C2C(=O)C3(O)C(O)=C(C(N)=O)C(=O)C(N(C)C)C3C(O)C21.CCO.CCO.Cl.O.O. The number of hydrogen-bond acceptors (Lipinski definition) is 11. The number of aliphatic hydroxyl groups is 6. The minimum atomic E-state index is -2.89. The van der Waals surface area contributed by atoms with Crippen LogP contribution in [0.25, 0.3) is 5.76 Å². The molecule has 0 aliphatic heterocycles. The Morgan fingerprint density at radius 2 is 1.54 bits per heavy atom. The molecule has 1 aromatic carbocycles. The zero-order valence-electron chi connectivity index (χ0n) is 23.3. The highest BCUT2D eigenvalue weighted by atomic mass is 35.5. The van der Waals surface area contributed by atoms with Crippen molar-refractivity contribution in [1.82, 2.24) is 4.90 Å². The molecule has 0 heterocycles. The molecule has 3 aliphatic rings. The Morgan fingerprint density at radius 1 is 1.05 bits per heavy atom. The van der Waals surface area contributed by atoms with Crippen LogP contribution in [-0.4, -0.2) is 114 Å². The third kappa shape index (κ3) is 6.24. The monoisotopic (exact) mass is 608 g/mol. The first-order chi connectivity index (χ1) is 17.7. The van der Waals surface area contributed by atoms with Crippen molar-refractivity contribution in [2.45, 2.75) is 44.4 Å². The Morgan fingerprint density at radius 3 is 1.98 bits per heavy atom. The second-order valence-electron chi connectivity index (χ2n) is 9.42. The van der Waals surface area contributed by atoms with E-state index in [2.05, 4.69) is 0 Å². The lowest BCUT2D eigenvalue weighted by Gasteiger charge is -2.53. The Hall–Kier alpha value is -3.08. The molecule has 6 unspecified atom stereocenters. The van der Waals surface area contributed by atoms with Crippen LogP contribution in [0.1, 0.15) is 37.8 Å². The van der Waals surface area contributed by atoms with E-state index in [9.17, 15) is 39.9 Å². The van der Waals surface area contributed by atoms with E-state index in [0.29, 0.717) is 5.56 Å². The number of primary amides is 1. The number of nitrogens with two attached hydrogens (primary N) is 1. The summed E-state index contributed by atoms with van der Waals surface area (Å²) >= 11 is 0. The van der Waals surface area contributed by atoms with Gasteiger partial charge in [0.2, 0.25) is 5.78 Å². The molecule has 15 heteroatoms. The number of fused-ring (bicyclic) bond motifs is 3. The van der Waals surface area contributed by atoms with Gasteiger partial charge in [0.25, 0.3) is 5.91 Å². The number of benzene rings is 1. The molecule has 0 radical (unpaired) electrons. The molecule has 0 aromatic heterocycles. The zero-order valence-corrected chi connectivity index (χ0v) is 24.1. The Balaban J connectivity index is 0. The van der Waals surface area contributed by atoms with Crippen molar-refractivity contribution in [3.63, 3.8) is 0 Å². The smallest absolute Gasteiger partial charge is 0.255 e. The van der Waals surface area contributed by atoms with E-state index in [1.165, 1.54) is 25.1 Å². The summed E-state index contributed by atoms with van der Waals surface area (Å²) in [5.41, 5.74) is 1.47. The van der Waals surface area contributed by atoms with Crippen molar-refractivity contribution in [2.75, 3.05) is 27.3 Å². The maximum atomic E-state index is 13.7. The van der Waals surface area contributed by atoms with E-state index in [1.54, 1.807) is 32.9 Å². The third-order valence-electron chi connectivity index (χ3n) is 6.99. The van der Waals surface area contributed by atoms with Crippen molar-refractivity contribution >= 4 is 35.6 Å². The molecule has 0 spiro atoms. The van der Waals surface area contributed by atoms with Crippen LogP contribution < -0.4 is 5.73 Å². The lowest BCUT2D eigenvalue weighted by Crippen LogP contribution is -2.70. The molecule has 6 atom stereocenters. The molecule has 41 heavy (non-hydrogen) atoms. The van der Waals surface area contributed by atoms with Crippen LogP contribution >= 0.6 is 12.4 Å². The molecule has 3 aliphatic carbocycles. The van der Waals surface area contributed by atoms with Gasteiger partial charge in [-0.05, 0) is 45.5 Å². The molecule has 234 valence electrons. The summed E-state index contributed by atoms with van der Waals surface area (Å²) in [4.78, 5) is 40.0. The van der Waals surface area contributed by atoms with Gasteiger partial charge < -0.3 is 52.4 Å². The van der Waals surface area contributed by atoms with E-state index in [-0.39, 0.29) is 47.9 Å². The lowest BCUT2D eigenvalue weighted by molar-refractivity contribution is -0.169. The fourth-order valence-electron chi connectivity index (χ4n) is 5.58. The fraction of sp³-hybridized carbons (Fsp3) is 0.500. The number of ketones is 2. The average molecular weight is 609 g/mol. The highest BCUT2D eigenvalue weighted by molar-refractivity contribution is 6.24. The van der Waals surface area contributed by atoms with Gasteiger partial charge in [0.15, 0.2) is 11.4 Å². The average Bonchev–Trinajstić information content (AvgIpc) is 2.82. The molecule has 1 saturated carbocycles. The molecule has 0 bridgehead atoms. The van der Waals surface area contributed by atoms with E-state index in [4.69, 9.17) is 15.9 Å². The number of phenolic OH excluding ortho intramolecular Hbond substituents is 1. The van der Waals surface area contributed by atoms with Gasteiger partial charge in [-0.15, -0.1) is 12.4 Å². The highest BCUT2D eigenvalue weighted by Gasteiger charge is 2.68. The van der Waals surface area contributed by atoms with E-state index in [1.807, 2.05) is 0 Å². The summed E-state index contributed by atoms with van der Waals surface area (Å²) < 4.78 is 0. The van der Waals surface area contributed by atoms with Gasteiger partial charge in [0, 0.05) is 24.7 Å². The Labute approximate surface area is 243 Å². The van der Waals surface area contributed by atoms with Crippen molar-refractivity contribution in [3.05, 3.63) is 46.2 Å². The number of carbonyl (C=O) groups is 3. The van der Waals surface area contributed by atoms with Crippen molar-refractivity contribution in [3.8, 4) is 5.75 Å². The summed E-state index contributed by atoms with van der Waals surface area (Å²) in [6, 6.07) is 3.13. The summed E-state index contributed by atoms with van der Waals surface area (Å²) in [6.45, 7) is 5.54. The first kappa shape index (κ1) is 40.1. The van der Waals surface area contributed by atoms with Crippen LogP contribution in [0, 0.1) is 11.8 Å². The van der Waals surface area contributed by atoms with Crippen LogP contribution in [0.4, 0.5) is 0 Å². The van der Waals surface area contributed by atoms with Crippen LogP contribution in [0.5, 0.6) is 5.75 Å². The van der Waals surface area contributed by atoms with Gasteiger partial charge in [0.1, 0.15) is 22.8 Å². The Bertz CT molecular complexity index is 1180. The first-order valence-corrected chi connectivity index (χ1v) is 12.1. The van der Waals surface area contributed by atoms with Crippen molar-refractivity contribution < 1.29 is 61.1 Å². The normalized spacial score (nSPS) is 27.7. The van der Waals surface area contributed by atoms with Gasteiger partial charge >= 0.3 is 0 Å². The van der Waals surface area contributed by atoms with E-state index >= 15 is 0 Å². The number of aromatic hydroxyl groups is 1. The van der Waals surface area contributed by atoms with Crippen molar-refractivity contribution in [1.29, 1.82) is 0 Å². The number of aliphatic hydroxyl groups excluding tert-OH is 5. The number of likely N-dealkylation sites (N-methyl/N-ethyl adjacent to an activating group) is 1. The summed E-state index contributed by atoms with van der Waals surface area (Å²) in [7, 11) is 2.92. The van der Waals surface area contributed by atoms with Crippen LogP contribution in [0.2, 0.25) is 0 Å². The number of phenols is 1. The quantitative estimate of drug-likeness (QED) is 0.174. The summed E-state index contributed by atoms with van der Waals surface area (Å²) in [6.07, 6.45) is -1.59. The third-order valence-corrected chi connectivity index (χ3v) is 6.99. The van der Waals surface area contributed by atoms with Crippen LogP contribution in [0.15, 0.2) is 35.1 Å². The number of carbonyl (C=O) groups excluding carboxylic acids is 3. The molecule has 4 rings (SSSR count). The van der Waals surface area contributed by atoms with Gasteiger partial charge in [-0.3, -0.25) is 19.3 Å². The number of hydrogen-bond donors (Lipinski definition) is 8. The van der Waals surface area contributed by atoms with Gasteiger partial charge in [-0.25, -0.2) is 0 Å². The lowest BCUT2D eigenvalue weighted by atomic mass is 9.54. The zero-order chi connectivity index (χ0) is 29.3. The molecular formula is C26H41ClN2O12. The van der Waals surface area contributed by atoms with Gasteiger partial charge in [0.05, 0.1) is 23.6 Å². The first-order valence-electron chi connectivity index (χ1n) is 12.1. The van der Waals surface area contributed by atoms with Crippen LogP contribution in [-0.2, 0) is 14.4 Å². The molecule has 0 saturated heterocycles. The van der Waals surface area contributed by atoms with Gasteiger partial charge in [-0.2, -0.15) is 0 Å². The Kier molecular flexibility index (Phi) is 14.9. The van der Waals surface area contributed by atoms with Crippen molar-refractivity contribution in [2.24, 2.45) is 17.6 Å². The molecule has 1 aromatic rings. The minimum absolute atomic E-state index is 0. The number of amides is 1. The second-order valence-corrected chi connectivity index (χ2v) is 9.42. The fourth-order valence-corrected chi connectivity index (χ4v) is 5.58. The predicted octanol–water partition coefficient (Wildman–Crippen LogP) is -1.73. The van der Waals surface area contributed by atoms with E-state index in [0.717, 1.165) is 0 Å². The summed E-state index contributed by atoms with van der Waals surface area (Å²) in [5, 5.41) is 70.0. The maximum Gasteiger partial charge on any atom is 0.255 e. The number of nitrogens with zero attached hydrogens (tertiary/aromatic N) is 1. The topological polar surface area (TPSA) is 285 Å². The summed E-state index contributed by atoms with van der Waals surface area (Å²) in [5.74, 6) is -8.87. The standard InChI is InChI=1S/C22H24N2O8.2C2H6O.ClH.2H2O/c1-7-8-5-4-6-9(25)11(8)16(26)12-10(7)17(27)14-15(24(2)3)18(28)13(21(23)31)20(30)22(14,32)19(12)29;2*1-2-3;;;/h4-7,10,14-15,17,25-27,30,32H,1-3H3,(H2,23,31);2*3H,2H2,1H3;1H;2*1H2. The van der Waals surface area contributed by atoms with Gasteiger partial charge in [-0.1, -0.05) is 19.1 Å². The molecule has 1 amide bonds. The molecule has 13 N–H and O–H groups in total. The molecular weight excluding hydrogens is 568 g/mol. The van der Waals surface area contributed by atoms with E-state index < -0.39 is 75.6 Å². The number of Topliss-reactive ketones (excluding diaryl/α,β-unsaturated/α-hetero) is 2. The minimum Gasteiger partial charge on any atom is -0.508 e. The number of halogens is 1. The van der Waals surface area contributed by atoms with Crippen LogP contribution in [0.3, 0.4) is 0 Å². The predicted molar refractivity (Wildman–Crippen MR) is 150 cm³/mol. The highest BCUT2D eigenvalue weighted by Crippen LogP contribution is 2.55. The second kappa shape index (κ2) is 15.2. The maximum absolute atomic E-state index is 13.7. The largest absolute Gasteiger partial charge is 0.508 e. The number of rotatable bonds is 2. The molecule has 14 nitrogen and oxygen atoms in total. The molecule has 1 fully saturated rings.